The van der Waals surface area contributed by atoms with Crippen LogP contribution >= 0.6 is 0 Å². The number of nitriles is 1. The zero-order valence-electron chi connectivity index (χ0n) is 8.72. The number of aromatic nitrogens is 1. The Hall–Kier alpha value is -1.44. The number of nitrogens with zero attached hydrogens (tertiary/aromatic N) is 3. The molecule has 1 fully saturated rings. The van der Waals surface area contributed by atoms with E-state index in [-0.39, 0.29) is 6.04 Å². The van der Waals surface area contributed by atoms with Crippen molar-refractivity contribution in [1.82, 2.24) is 15.2 Å². The lowest BCUT2D eigenvalue weighted by Gasteiger charge is -2.38. The summed E-state index contributed by atoms with van der Waals surface area (Å²) in [7, 11) is 2.00. The maximum absolute atomic E-state index is 9.19. The van der Waals surface area contributed by atoms with E-state index in [1.807, 2.05) is 19.2 Å². The van der Waals surface area contributed by atoms with E-state index in [1.54, 1.807) is 12.4 Å². The number of rotatable bonds is 3. The highest BCUT2D eigenvalue weighted by Crippen LogP contribution is 2.21. The van der Waals surface area contributed by atoms with Gasteiger partial charge >= 0.3 is 0 Å². The van der Waals surface area contributed by atoms with Crippen LogP contribution in [0.4, 0.5) is 0 Å². The highest BCUT2D eigenvalue weighted by atomic mass is 15.2. The molecule has 0 spiro atoms. The fourth-order valence-corrected chi connectivity index (χ4v) is 1.72. The van der Waals surface area contributed by atoms with Gasteiger partial charge in [-0.3, -0.25) is 9.88 Å². The van der Waals surface area contributed by atoms with Gasteiger partial charge in [0.2, 0.25) is 0 Å². The van der Waals surface area contributed by atoms with E-state index in [0.29, 0.717) is 6.04 Å². The van der Waals surface area contributed by atoms with Crippen LogP contribution in [-0.2, 0) is 0 Å². The molecule has 0 radical (unpaired) electrons. The maximum atomic E-state index is 9.19. The molecule has 1 aromatic heterocycles. The van der Waals surface area contributed by atoms with E-state index >= 15 is 0 Å². The van der Waals surface area contributed by atoms with Gasteiger partial charge in [-0.25, -0.2) is 0 Å². The Kier molecular flexibility index (Phi) is 2.95. The zero-order valence-corrected chi connectivity index (χ0v) is 8.72. The quantitative estimate of drug-likeness (QED) is 0.777. The first-order valence-corrected chi connectivity index (χ1v) is 5.05. The molecule has 0 bridgehead atoms. The molecule has 78 valence electrons. The van der Waals surface area contributed by atoms with Crippen LogP contribution in [-0.4, -0.2) is 36.1 Å². The van der Waals surface area contributed by atoms with Crippen LogP contribution in [0.1, 0.15) is 11.6 Å². The summed E-state index contributed by atoms with van der Waals surface area (Å²) in [5.74, 6) is 0. The molecule has 1 saturated heterocycles. The third-order valence-corrected chi connectivity index (χ3v) is 2.89. The van der Waals surface area contributed by atoms with Crippen LogP contribution in [0, 0.1) is 11.3 Å². The minimum Gasteiger partial charge on any atom is -0.314 e. The molecule has 1 atom stereocenters. The van der Waals surface area contributed by atoms with Gasteiger partial charge in [0.15, 0.2) is 0 Å². The molecule has 1 unspecified atom stereocenters. The van der Waals surface area contributed by atoms with Crippen LogP contribution < -0.4 is 5.32 Å². The van der Waals surface area contributed by atoms with Crippen molar-refractivity contribution in [3.8, 4) is 6.07 Å². The number of likely N-dealkylation sites (N-methyl/N-ethyl adjacent to an activating group) is 1. The molecule has 2 rings (SSSR count). The number of hydrogen-bond donors (Lipinski definition) is 1. The second-order valence-corrected chi connectivity index (χ2v) is 3.79. The topological polar surface area (TPSA) is 52.0 Å². The Morgan fingerprint density at radius 2 is 2.20 bits per heavy atom. The van der Waals surface area contributed by atoms with Crippen LogP contribution in [0.15, 0.2) is 24.5 Å². The summed E-state index contributed by atoms with van der Waals surface area (Å²) in [6.07, 6.45) is 3.46. The van der Waals surface area contributed by atoms with Crippen LogP contribution in [0.5, 0.6) is 0 Å². The van der Waals surface area contributed by atoms with Gasteiger partial charge in [0, 0.05) is 31.5 Å². The van der Waals surface area contributed by atoms with Crippen molar-refractivity contribution in [2.45, 2.75) is 12.1 Å². The predicted octanol–water partition coefficient (Wildman–Crippen LogP) is 0.550. The normalized spacial score (nSPS) is 18.2. The van der Waals surface area contributed by atoms with Crippen molar-refractivity contribution in [3.05, 3.63) is 30.1 Å². The Bertz CT molecular complexity index is 353. The summed E-state index contributed by atoms with van der Waals surface area (Å²) >= 11 is 0. The summed E-state index contributed by atoms with van der Waals surface area (Å²) in [5.41, 5.74) is 1.02. The molecule has 0 aromatic carbocycles. The van der Waals surface area contributed by atoms with Crippen LogP contribution in [0.2, 0.25) is 0 Å². The molecule has 1 aliphatic rings. The van der Waals surface area contributed by atoms with E-state index in [1.165, 1.54) is 0 Å². The molecule has 1 aliphatic heterocycles. The van der Waals surface area contributed by atoms with Crippen LogP contribution in [0.25, 0.3) is 0 Å². The van der Waals surface area contributed by atoms with Crippen molar-refractivity contribution in [2.75, 3.05) is 20.1 Å². The van der Waals surface area contributed by atoms with Gasteiger partial charge in [0.1, 0.15) is 6.04 Å². The van der Waals surface area contributed by atoms with Crippen molar-refractivity contribution < 1.29 is 0 Å². The Labute approximate surface area is 89.5 Å². The van der Waals surface area contributed by atoms with Crippen molar-refractivity contribution in [2.24, 2.45) is 0 Å². The first-order chi connectivity index (χ1) is 7.33. The lowest BCUT2D eigenvalue weighted by Crippen LogP contribution is -2.56. The van der Waals surface area contributed by atoms with E-state index < -0.39 is 0 Å². The molecule has 1 aromatic rings. The Morgan fingerprint density at radius 3 is 2.67 bits per heavy atom. The molecule has 4 nitrogen and oxygen atoms in total. The highest BCUT2D eigenvalue weighted by molar-refractivity contribution is 5.21. The minimum atomic E-state index is -0.167. The lowest BCUT2D eigenvalue weighted by molar-refractivity contribution is 0.153. The third-order valence-electron chi connectivity index (χ3n) is 2.89. The van der Waals surface area contributed by atoms with Gasteiger partial charge < -0.3 is 5.32 Å². The summed E-state index contributed by atoms with van der Waals surface area (Å²) < 4.78 is 0. The van der Waals surface area contributed by atoms with Crippen LogP contribution in [0.3, 0.4) is 0 Å². The summed E-state index contributed by atoms with van der Waals surface area (Å²) in [4.78, 5) is 6.08. The van der Waals surface area contributed by atoms with E-state index in [2.05, 4.69) is 21.3 Å². The SMILES string of the molecule is CN(C1CNC1)C(C#N)c1ccncc1. The second-order valence-electron chi connectivity index (χ2n) is 3.79. The summed E-state index contributed by atoms with van der Waals surface area (Å²) in [5, 5.41) is 12.4. The largest absolute Gasteiger partial charge is 0.314 e. The average molecular weight is 202 g/mol. The molecule has 1 N–H and O–H groups in total. The van der Waals surface area contributed by atoms with Gasteiger partial charge in [0.25, 0.3) is 0 Å². The average Bonchev–Trinajstić information content (AvgIpc) is 2.18. The minimum absolute atomic E-state index is 0.167. The van der Waals surface area contributed by atoms with Gasteiger partial charge in [-0.05, 0) is 24.7 Å². The number of hydrogen-bond acceptors (Lipinski definition) is 4. The molecule has 0 aliphatic carbocycles. The van der Waals surface area contributed by atoms with Gasteiger partial charge in [0.05, 0.1) is 6.07 Å². The lowest BCUT2D eigenvalue weighted by atomic mass is 10.0. The first kappa shape index (κ1) is 10.1. The fraction of sp³-hybridized carbons (Fsp3) is 0.455. The van der Waals surface area contributed by atoms with Gasteiger partial charge in [-0.15, -0.1) is 0 Å². The van der Waals surface area contributed by atoms with Gasteiger partial charge in [-0.2, -0.15) is 5.26 Å². The van der Waals surface area contributed by atoms with Crippen molar-refractivity contribution >= 4 is 0 Å². The summed E-state index contributed by atoms with van der Waals surface area (Å²) in [6, 6.07) is 6.44. The highest BCUT2D eigenvalue weighted by Gasteiger charge is 2.27. The zero-order chi connectivity index (χ0) is 10.7. The van der Waals surface area contributed by atoms with E-state index in [0.717, 1.165) is 18.7 Å². The Balaban J connectivity index is 2.14. The number of pyridine rings is 1. The molecular weight excluding hydrogens is 188 g/mol. The van der Waals surface area contributed by atoms with E-state index in [4.69, 9.17) is 0 Å². The molecule has 15 heavy (non-hydrogen) atoms. The first-order valence-electron chi connectivity index (χ1n) is 5.05. The predicted molar refractivity (Wildman–Crippen MR) is 57.0 cm³/mol. The molecular formula is C11H14N4. The molecule has 0 saturated carbocycles. The van der Waals surface area contributed by atoms with Gasteiger partial charge in [-0.1, -0.05) is 0 Å². The fourth-order valence-electron chi connectivity index (χ4n) is 1.72. The van der Waals surface area contributed by atoms with Crippen molar-refractivity contribution in [3.63, 3.8) is 0 Å². The smallest absolute Gasteiger partial charge is 0.124 e. The Morgan fingerprint density at radius 1 is 1.53 bits per heavy atom. The number of nitrogens with one attached hydrogen (secondary N) is 1. The molecule has 0 amide bonds. The third kappa shape index (κ3) is 1.99. The van der Waals surface area contributed by atoms with E-state index in [9.17, 15) is 5.26 Å². The molecule has 4 heteroatoms. The summed E-state index contributed by atoms with van der Waals surface area (Å²) in [6.45, 7) is 1.94. The maximum Gasteiger partial charge on any atom is 0.124 e. The molecule has 2 heterocycles. The monoisotopic (exact) mass is 202 g/mol. The van der Waals surface area contributed by atoms with Crippen molar-refractivity contribution in [1.29, 1.82) is 5.26 Å². The standard InChI is InChI=1S/C11H14N4/c1-15(10-7-14-8-10)11(6-12)9-2-4-13-5-3-9/h2-5,10-11,14H,7-8H2,1H3. The second kappa shape index (κ2) is 4.39.